The molecule has 17 heavy (non-hydrogen) atoms. The average molecular weight is 270 g/mol. The minimum atomic E-state index is -0.980. The zero-order valence-corrected chi connectivity index (χ0v) is 10.5. The van der Waals surface area contributed by atoms with E-state index in [-0.39, 0.29) is 37.6 Å². The molecule has 0 aliphatic rings. The molecule has 4 atom stereocenters. The van der Waals surface area contributed by atoms with Gasteiger partial charge in [-0.1, -0.05) is 0 Å². The van der Waals surface area contributed by atoms with Crippen LogP contribution in [0.3, 0.4) is 0 Å². The van der Waals surface area contributed by atoms with Crippen LogP contribution in [-0.4, -0.2) is 79.8 Å². The quantitative estimate of drug-likeness (QED) is 0.270. The van der Waals surface area contributed by atoms with Gasteiger partial charge in [-0.15, -0.1) is 0 Å². The summed E-state index contributed by atoms with van der Waals surface area (Å²) in [5.41, 5.74) is 0. The van der Waals surface area contributed by atoms with Gasteiger partial charge < -0.3 is 30.6 Å². The van der Waals surface area contributed by atoms with Crippen molar-refractivity contribution in [1.29, 1.82) is 0 Å². The Morgan fingerprint density at radius 3 is 1.29 bits per heavy atom. The molecule has 0 spiro atoms. The van der Waals surface area contributed by atoms with E-state index < -0.39 is 24.4 Å². The van der Waals surface area contributed by atoms with Crippen LogP contribution in [0.2, 0.25) is 0 Å². The topological polar surface area (TPSA) is 121 Å². The van der Waals surface area contributed by atoms with E-state index in [4.69, 9.17) is 10.2 Å². The van der Waals surface area contributed by atoms with Gasteiger partial charge in [-0.25, -0.2) is 0 Å². The lowest BCUT2D eigenvalue weighted by atomic mass is 10.2. The van der Waals surface area contributed by atoms with E-state index in [0.29, 0.717) is 0 Å². The van der Waals surface area contributed by atoms with Crippen molar-refractivity contribution in [2.24, 2.45) is 0 Å². The Morgan fingerprint density at radius 2 is 1.00 bits per heavy atom. The van der Waals surface area contributed by atoms with Gasteiger partial charge in [0, 0.05) is 24.7 Å². The molecule has 0 radical (unpaired) electrons. The van der Waals surface area contributed by atoms with Crippen molar-refractivity contribution in [3.8, 4) is 0 Å². The van der Waals surface area contributed by atoms with Crippen LogP contribution in [0.1, 0.15) is 12.8 Å². The van der Waals surface area contributed by atoms with E-state index in [2.05, 4.69) is 0 Å². The lowest BCUT2D eigenvalue weighted by Gasteiger charge is -2.19. The number of aliphatic hydroxyl groups excluding tert-OH is 6. The molecular formula is C10H22O6S. The molecule has 104 valence electrons. The van der Waals surface area contributed by atoms with E-state index in [1.807, 2.05) is 0 Å². The highest BCUT2D eigenvalue weighted by Gasteiger charge is 2.19. The fraction of sp³-hybridized carbons (Fsp3) is 1.00. The highest BCUT2D eigenvalue weighted by molar-refractivity contribution is 7.99. The van der Waals surface area contributed by atoms with E-state index >= 15 is 0 Å². The first-order valence-electron chi connectivity index (χ1n) is 5.54. The molecule has 0 bridgehead atoms. The molecule has 0 amide bonds. The third-order valence-electron chi connectivity index (χ3n) is 2.32. The molecule has 0 rings (SSSR count). The van der Waals surface area contributed by atoms with Gasteiger partial charge in [-0.05, 0) is 12.8 Å². The van der Waals surface area contributed by atoms with Crippen LogP contribution in [0.15, 0.2) is 0 Å². The standard InChI is InChI=1S/C10H22O6S/c11-3-1-7(13)9(15)5-17-6-10(16)8(14)2-4-12/h7-16H,1-6H2. The van der Waals surface area contributed by atoms with Gasteiger partial charge in [0.1, 0.15) is 0 Å². The summed E-state index contributed by atoms with van der Waals surface area (Å²) in [6.07, 6.45) is -3.67. The van der Waals surface area contributed by atoms with Crippen LogP contribution >= 0.6 is 11.8 Å². The summed E-state index contributed by atoms with van der Waals surface area (Å²) in [6.45, 7) is -0.387. The summed E-state index contributed by atoms with van der Waals surface area (Å²) in [7, 11) is 0. The van der Waals surface area contributed by atoms with E-state index in [1.165, 1.54) is 11.8 Å². The number of thioether (sulfide) groups is 1. The summed E-state index contributed by atoms with van der Waals surface area (Å²) in [5.74, 6) is 0.425. The molecule has 7 heteroatoms. The maximum absolute atomic E-state index is 9.44. The zero-order chi connectivity index (χ0) is 13.3. The molecular weight excluding hydrogens is 248 g/mol. The fourth-order valence-electron chi connectivity index (χ4n) is 1.18. The SMILES string of the molecule is OCCC(O)C(O)CSCC(O)C(O)CCO. The number of hydrogen-bond acceptors (Lipinski definition) is 7. The Morgan fingerprint density at radius 1 is 0.647 bits per heavy atom. The Bertz CT molecular complexity index is 164. The summed E-state index contributed by atoms with van der Waals surface area (Å²) < 4.78 is 0. The maximum atomic E-state index is 9.44. The minimum absolute atomic E-state index is 0.109. The lowest BCUT2D eigenvalue weighted by molar-refractivity contribution is 0.0158. The first-order chi connectivity index (χ1) is 8.02. The Hall–Kier alpha value is 0.110. The third-order valence-corrected chi connectivity index (χ3v) is 3.47. The predicted octanol–water partition coefficient (Wildman–Crippen LogP) is -2.07. The van der Waals surface area contributed by atoms with Gasteiger partial charge in [-0.2, -0.15) is 11.8 Å². The second-order valence-electron chi connectivity index (χ2n) is 3.83. The first kappa shape index (κ1) is 17.1. The van der Waals surface area contributed by atoms with Gasteiger partial charge in [-0.3, -0.25) is 0 Å². The van der Waals surface area contributed by atoms with Gasteiger partial charge >= 0.3 is 0 Å². The van der Waals surface area contributed by atoms with Gasteiger partial charge in [0.05, 0.1) is 24.4 Å². The highest BCUT2D eigenvalue weighted by Crippen LogP contribution is 2.12. The smallest absolute Gasteiger partial charge is 0.0890 e. The molecule has 0 aromatic carbocycles. The van der Waals surface area contributed by atoms with Crippen LogP contribution in [0.4, 0.5) is 0 Å². The third kappa shape index (κ3) is 7.93. The molecule has 6 N–H and O–H groups in total. The first-order valence-corrected chi connectivity index (χ1v) is 6.70. The summed E-state index contributed by atoms with van der Waals surface area (Å²) in [5, 5.41) is 54.6. The van der Waals surface area contributed by atoms with Crippen LogP contribution < -0.4 is 0 Å². The Kier molecular flexibility index (Phi) is 10.1. The van der Waals surface area contributed by atoms with E-state index in [0.717, 1.165) is 0 Å². The van der Waals surface area contributed by atoms with Crippen LogP contribution in [0.5, 0.6) is 0 Å². The molecule has 0 heterocycles. The van der Waals surface area contributed by atoms with Crippen LogP contribution in [0, 0.1) is 0 Å². The largest absolute Gasteiger partial charge is 0.396 e. The zero-order valence-electron chi connectivity index (χ0n) is 9.64. The minimum Gasteiger partial charge on any atom is -0.396 e. The fourth-order valence-corrected chi connectivity index (χ4v) is 2.24. The lowest BCUT2D eigenvalue weighted by Crippen LogP contribution is -2.32. The summed E-state index contributed by atoms with van der Waals surface area (Å²) in [6, 6.07) is 0. The van der Waals surface area contributed by atoms with Crippen LogP contribution in [-0.2, 0) is 0 Å². The maximum Gasteiger partial charge on any atom is 0.0890 e. The van der Waals surface area contributed by atoms with Gasteiger partial charge in [0.15, 0.2) is 0 Å². The normalized spacial score (nSPS) is 18.7. The predicted molar refractivity (Wildman–Crippen MR) is 64.8 cm³/mol. The number of rotatable bonds is 10. The number of hydrogen-bond donors (Lipinski definition) is 6. The van der Waals surface area contributed by atoms with Crippen LogP contribution in [0.25, 0.3) is 0 Å². The van der Waals surface area contributed by atoms with Gasteiger partial charge in [0.2, 0.25) is 0 Å². The second-order valence-corrected chi connectivity index (χ2v) is 4.91. The molecule has 0 fully saturated rings. The van der Waals surface area contributed by atoms with Crippen molar-refractivity contribution >= 4 is 11.8 Å². The van der Waals surface area contributed by atoms with E-state index in [9.17, 15) is 20.4 Å². The summed E-state index contributed by atoms with van der Waals surface area (Å²) in [4.78, 5) is 0. The van der Waals surface area contributed by atoms with Crippen molar-refractivity contribution in [3.05, 3.63) is 0 Å². The molecule has 0 aliphatic carbocycles. The Balaban J connectivity index is 3.68. The second kappa shape index (κ2) is 10.1. The average Bonchev–Trinajstić information content (AvgIpc) is 2.29. The molecule has 0 saturated carbocycles. The van der Waals surface area contributed by atoms with Crippen molar-refractivity contribution in [3.63, 3.8) is 0 Å². The monoisotopic (exact) mass is 270 g/mol. The number of aliphatic hydroxyl groups is 6. The van der Waals surface area contributed by atoms with Crippen molar-refractivity contribution in [2.45, 2.75) is 37.3 Å². The van der Waals surface area contributed by atoms with Crippen molar-refractivity contribution < 1.29 is 30.6 Å². The van der Waals surface area contributed by atoms with Crippen molar-refractivity contribution in [2.75, 3.05) is 24.7 Å². The Labute approximate surface area is 105 Å². The molecule has 0 saturated heterocycles. The molecule has 0 aromatic rings. The van der Waals surface area contributed by atoms with Crippen molar-refractivity contribution in [1.82, 2.24) is 0 Å². The molecule has 6 nitrogen and oxygen atoms in total. The van der Waals surface area contributed by atoms with E-state index in [1.54, 1.807) is 0 Å². The molecule has 4 unspecified atom stereocenters. The highest BCUT2D eigenvalue weighted by atomic mass is 32.2. The van der Waals surface area contributed by atoms with Gasteiger partial charge in [0.25, 0.3) is 0 Å². The summed E-state index contributed by atoms with van der Waals surface area (Å²) >= 11 is 1.19. The molecule has 0 aromatic heterocycles. The molecule has 0 aliphatic heterocycles.